The Morgan fingerprint density at radius 3 is 2.84 bits per heavy atom. The van der Waals surface area contributed by atoms with Gasteiger partial charge in [0.25, 0.3) is 0 Å². The Morgan fingerprint density at radius 1 is 1.53 bits per heavy atom. The second-order valence-corrected chi connectivity index (χ2v) is 4.84. The maximum absolute atomic E-state index is 13.3. The Kier molecular flexibility index (Phi) is 3.80. The molecule has 2 rings (SSSR count). The zero-order chi connectivity index (χ0) is 14.0. The van der Waals surface area contributed by atoms with Gasteiger partial charge >= 0.3 is 0 Å². The fourth-order valence-electron chi connectivity index (χ4n) is 1.95. The second-order valence-electron chi connectivity index (χ2n) is 4.40. The van der Waals surface area contributed by atoms with Gasteiger partial charge in [-0.3, -0.25) is 4.68 Å². The lowest BCUT2D eigenvalue weighted by atomic mass is 10.1. The number of hydrogen-bond donors (Lipinski definition) is 1. The van der Waals surface area contributed by atoms with Gasteiger partial charge < -0.3 is 10.6 Å². The third kappa shape index (κ3) is 3.08. The minimum Gasteiger partial charge on any atom is -0.389 e. The fraction of sp³-hybridized carbons (Fsp3) is 0.231. The van der Waals surface area contributed by atoms with E-state index in [1.165, 1.54) is 12.1 Å². The van der Waals surface area contributed by atoms with Crippen molar-refractivity contribution in [2.24, 2.45) is 12.8 Å². The molecule has 100 valence electrons. The lowest BCUT2D eigenvalue weighted by Gasteiger charge is -2.21. The minimum atomic E-state index is -0.346. The Labute approximate surface area is 116 Å². The molecule has 0 radical (unpaired) electrons. The highest BCUT2D eigenvalue weighted by atomic mass is 32.1. The number of thiocarbonyl (C=S) groups is 1. The molecule has 0 atom stereocenters. The fourth-order valence-corrected chi connectivity index (χ4v) is 2.11. The number of halogens is 1. The molecule has 1 aromatic heterocycles. The van der Waals surface area contributed by atoms with E-state index in [-0.39, 0.29) is 10.8 Å². The highest BCUT2D eigenvalue weighted by Gasteiger charge is 2.12. The molecule has 0 amide bonds. The second kappa shape index (κ2) is 5.36. The van der Waals surface area contributed by atoms with Crippen LogP contribution in [0.25, 0.3) is 0 Å². The Morgan fingerprint density at radius 2 is 2.26 bits per heavy atom. The van der Waals surface area contributed by atoms with E-state index in [1.807, 2.05) is 25.2 Å². The monoisotopic (exact) mass is 278 g/mol. The van der Waals surface area contributed by atoms with Crippen LogP contribution >= 0.6 is 12.2 Å². The van der Waals surface area contributed by atoms with E-state index in [4.69, 9.17) is 18.0 Å². The van der Waals surface area contributed by atoms with Crippen molar-refractivity contribution in [2.45, 2.75) is 6.54 Å². The van der Waals surface area contributed by atoms with E-state index < -0.39 is 0 Å². The van der Waals surface area contributed by atoms with Gasteiger partial charge in [-0.2, -0.15) is 5.10 Å². The topological polar surface area (TPSA) is 47.1 Å². The zero-order valence-corrected chi connectivity index (χ0v) is 11.6. The molecule has 6 heteroatoms. The first-order valence-corrected chi connectivity index (χ1v) is 6.16. The molecule has 2 aromatic rings. The van der Waals surface area contributed by atoms with Crippen LogP contribution in [-0.4, -0.2) is 21.8 Å². The molecule has 0 spiro atoms. The summed E-state index contributed by atoms with van der Waals surface area (Å²) in [5, 5.41) is 4.11. The molecule has 1 heterocycles. The van der Waals surface area contributed by atoms with Crippen LogP contribution < -0.4 is 10.6 Å². The standard InChI is InChI=1S/C13H15FN4S/c1-17(7-9-6-16-18(2)8-9)12-4-3-10(14)5-11(12)13(15)19/h3-6,8H,7H2,1-2H3,(H2,15,19). The van der Waals surface area contributed by atoms with Gasteiger partial charge in [0.05, 0.1) is 6.20 Å². The van der Waals surface area contributed by atoms with Crippen LogP contribution in [0.2, 0.25) is 0 Å². The van der Waals surface area contributed by atoms with Gasteiger partial charge in [0.15, 0.2) is 0 Å². The van der Waals surface area contributed by atoms with Gasteiger partial charge in [-0.05, 0) is 18.2 Å². The van der Waals surface area contributed by atoms with E-state index >= 15 is 0 Å². The van der Waals surface area contributed by atoms with E-state index in [0.29, 0.717) is 12.1 Å². The summed E-state index contributed by atoms with van der Waals surface area (Å²) < 4.78 is 15.0. The number of benzene rings is 1. The van der Waals surface area contributed by atoms with Crippen molar-refractivity contribution >= 4 is 22.9 Å². The minimum absolute atomic E-state index is 0.188. The Hall–Kier alpha value is -1.95. The van der Waals surface area contributed by atoms with E-state index in [1.54, 1.807) is 16.9 Å². The molecule has 0 bridgehead atoms. The summed E-state index contributed by atoms with van der Waals surface area (Å²) >= 11 is 4.97. The maximum Gasteiger partial charge on any atom is 0.124 e. The molecule has 0 aliphatic heterocycles. The summed E-state index contributed by atoms with van der Waals surface area (Å²) in [6.45, 7) is 0.648. The molecule has 0 saturated heterocycles. The molecule has 19 heavy (non-hydrogen) atoms. The maximum atomic E-state index is 13.3. The summed E-state index contributed by atoms with van der Waals surface area (Å²) in [5.41, 5.74) is 8.05. The van der Waals surface area contributed by atoms with Gasteiger partial charge in [-0.1, -0.05) is 12.2 Å². The largest absolute Gasteiger partial charge is 0.389 e. The number of nitrogens with two attached hydrogens (primary N) is 1. The predicted molar refractivity (Wildman–Crippen MR) is 77.6 cm³/mol. The van der Waals surface area contributed by atoms with Gasteiger partial charge in [-0.15, -0.1) is 0 Å². The third-order valence-electron chi connectivity index (χ3n) is 2.81. The van der Waals surface area contributed by atoms with Crippen LogP contribution in [0.4, 0.5) is 10.1 Å². The van der Waals surface area contributed by atoms with Gasteiger partial charge in [0.1, 0.15) is 10.8 Å². The van der Waals surface area contributed by atoms with Crippen molar-refractivity contribution in [3.8, 4) is 0 Å². The molecule has 4 nitrogen and oxygen atoms in total. The molecule has 0 fully saturated rings. The summed E-state index contributed by atoms with van der Waals surface area (Å²) in [7, 11) is 3.77. The predicted octanol–water partition coefficient (Wildman–Crippen LogP) is 1.83. The number of aryl methyl sites for hydroxylation is 1. The van der Waals surface area contributed by atoms with Crippen molar-refractivity contribution in [1.29, 1.82) is 0 Å². The average Bonchev–Trinajstić information content (AvgIpc) is 2.74. The van der Waals surface area contributed by atoms with Crippen molar-refractivity contribution in [3.63, 3.8) is 0 Å². The van der Waals surface area contributed by atoms with Crippen LogP contribution in [0.15, 0.2) is 30.6 Å². The summed E-state index contributed by atoms with van der Waals surface area (Å²) in [5.74, 6) is -0.346. The highest BCUT2D eigenvalue weighted by molar-refractivity contribution is 7.80. The third-order valence-corrected chi connectivity index (χ3v) is 3.03. The van der Waals surface area contributed by atoms with Crippen LogP contribution in [0.1, 0.15) is 11.1 Å². The summed E-state index contributed by atoms with van der Waals surface area (Å²) in [6, 6.07) is 4.44. The van der Waals surface area contributed by atoms with Crippen LogP contribution in [0.5, 0.6) is 0 Å². The molecular formula is C13H15FN4S. The van der Waals surface area contributed by atoms with Crippen LogP contribution in [-0.2, 0) is 13.6 Å². The summed E-state index contributed by atoms with van der Waals surface area (Å²) in [4.78, 5) is 2.15. The molecular weight excluding hydrogens is 263 g/mol. The Balaban J connectivity index is 2.28. The van der Waals surface area contributed by atoms with Crippen LogP contribution in [0, 0.1) is 5.82 Å². The Bertz CT molecular complexity index is 608. The molecule has 0 aliphatic carbocycles. The molecule has 1 aromatic carbocycles. The normalized spacial score (nSPS) is 10.5. The smallest absolute Gasteiger partial charge is 0.124 e. The lowest BCUT2D eigenvalue weighted by Crippen LogP contribution is -2.21. The number of anilines is 1. The number of nitrogens with zero attached hydrogens (tertiary/aromatic N) is 3. The zero-order valence-electron chi connectivity index (χ0n) is 10.8. The van der Waals surface area contributed by atoms with E-state index in [0.717, 1.165) is 11.3 Å². The van der Waals surface area contributed by atoms with E-state index in [9.17, 15) is 4.39 Å². The van der Waals surface area contributed by atoms with Gasteiger partial charge in [0, 0.05) is 43.7 Å². The van der Waals surface area contributed by atoms with Crippen molar-refractivity contribution < 1.29 is 4.39 Å². The average molecular weight is 278 g/mol. The SMILES string of the molecule is CN(Cc1cnn(C)c1)c1ccc(F)cc1C(N)=S. The number of hydrogen-bond acceptors (Lipinski definition) is 3. The van der Waals surface area contributed by atoms with Crippen molar-refractivity contribution in [1.82, 2.24) is 9.78 Å². The first kappa shape index (κ1) is 13.5. The van der Waals surface area contributed by atoms with Gasteiger partial charge in [-0.25, -0.2) is 4.39 Å². The van der Waals surface area contributed by atoms with E-state index in [2.05, 4.69) is 5.10 Å². The molecule has 0 saturated carbocycles. The quantitative estimate of drug-likeness (QED) is 0.867. The molecule has 0 aliphatic rings. The number of rotatable bonds is 4. The van der Waals surface area contributed by atoms with Crippen molar-refractivity contribution in [2.75, 3.05) is 11.9 Å². The first-order chi connectivity index (χ1) is 8.97. The van der Waals surface area contributed by atoms with Gasteiger partial charge in [0.2, 0.25) is 0 Å². The summed E-state index contributed by atoms with van der Waals surface area (Å²) in [6.07, 6.45) is 3.72. The first-order valence-electron chi connectivity index (χ1n) is 5.75. The highest BCUT2D eigenvalue weighted by Crippen LogP contribution is 2.22. The molecule has 0 unspecified atom stereocenters. The van der Waals surface area contributed by atoms with Crippen LogP contribution in [0.3, 0.4) is 0 Å². The number of aromatic nitrogens is 2. The molecule has 2 N–H and O–H groups in total. The van der Waals surface area contributed by atoms with Crippen molar-refractivity contribution in [3.05, 3.63) is 47.5 Å². The lowest BCUT2D eigenvalue weighted by molar-refractivity contribution is 0.627.